The number of aromatic amines is 2. The number of amides is 1. The van der Waals surface area contributed by atoms with E-state index in [1.165, 1.54) is 11.1 Å². The number of nitrogens with zero attached hydrogens (tertiary/aromatic N) is 2. The van der Waals surface area contributed by atoms with Gasteiger partial charge in [0.05, 0.1) is 5.69 Å². The average molecular weight is 336 g/mol. The minimum Gasteiger partial charge on any atom is -0.312 e. The van der Waals surface area contributed by atoms with Crippen LogP contribution in [0.1, 0.15) is 32.9 Å². The number of nitrogens with one attached hydrogen (secondary N) is 4. The van der Waals surface area contributed by atoms with Crippen LogP contribution in [0.5, 0.6) is 0 Å². The first-order valence-corrected chi connectivity index (χ1v) is 8.32. The maximum atomic E-state index is 12.5. The van der Waals surface area contributed by atoms with E-state index >= 15 is 0 Å². The molecule has 1 aliphatic rings. The summed E-state index contributed by atoms with van der Waals surface area (Å²) in [5.74, 6) is 0.236. The SMILES string of the molecule is Cc1cc(C)cc(-c2cc(NC(=O)c3n[nH]c4c3CNCC4)n[nH]2)c1. The molecule has 1 aromatic carbocycles. The van der Waals surface area contributed by atoms with Crippen LogP contribution in [0.25, 0.3) is 11.3 Å². The largest absolute Gasteiger partial charge is 0.312 e. The van der Waals surface area contributed by atoms with E-state index in [-0.39, 0.29) is 5.91 Å². The second kappa shape index (κ2) is 6.18. The highest BCUT2D eigenvalue weighted by Gasteiger charge is 2.22. The highest BCUT2D eigenvalue weighted by Crippen LogP contribution is 2.23. The van der Waals surface area contributed by atoms with Crippen molar-refractivity contribution >= 4 is 11.7 Å². The molecular weight excluding hydrogens is 316 g/mol. The van der Waals surface area contributed by atoms with Gasteiger partial charge in [0.15, 0.2) is 11.5 Å². The van der Waals surface area contributed by atoms with Gasteiger partial charge < -0.3 is 10.6 Å². The third-order valence-electron chi connectivity index (χ3n) is 4.37. The van der Waals surface area contributed by atoms with Crippen molar-refractivity contribution in [3.05, 3.63) is 52.3 Å². The van der Waals surface area contributed by atoms with E-state index in [0.29, 0.717) is 18.1 Å². The number of benzene rings is 1. The van der Waals surface area contributed by atoms with E-state index < -0.39 is 0 Å². The van der Waals surface area contributed by atoms with E-state index in [1.54, 1.807) is 0 Å². The maximum Gasteiger partial charge on any atom is 0.277 e. The van der Waals surface area contributed by atoms with Gasteiger partial charge in [-0.3, -0.25) is 15.0 Å². The fourth-order valence-electron chi connectivity index (χ4n) is 3.25. The molecule has 0 saturated heterocycles. The van der Waals surface area contributed by atoms with Crippen molar-refractivity contribution in [2.75, 3.05) is 11.9 Å². The second-order valence-electron chi connectivity index (χ2n) is 6.45. The monoisotopic (exact) mass is 336 g/mol. The van der Waals surface area contributed by atoms with E-state index in [2.05, 4.69) is 63.1 Å². The number of carbonyl (C=O) groups excluding carboxylic acids is 1. The third-order valence-corrected chi connectivity index (χ3v) is 4.37. The number of hydrogen-bond acceptors (Lipinski definition) is 4. The molecule has 4 rings (SSSR count). The minimum atomic E-state index is -0.250. The standard InChI is InChI=1S/C18H20N6O/c1-10-5-11(2)7-12(6-10)15-8-16(23-22-15)20-18(25)17-13-9-19-4-3-14(13)21-24-17/h5-8,19H,3-4,9H2,1-2H3,(H,21,24)(H2,20,22,23,25). The van der Waals surface area contributed by atoms with Crippen molar-refractivity contribution in [2.24, 2.45) is 0 Å². The van der Waals surface area contributed by atoms with E-state index in [0.717, 1.165) is 35.5 Å². The van der Waals surface area contributed by atoms with Crippen molar-refractivity contribution in [2.45, 2.75) is 26.8 Å². The van der Waals surface area contributed by atoms with Crippen LogP contribution in [0.4, 0.5) is 5.82 Å². The first kappa shape index (κ1) is 15.6. The minimum absolute atomic E-state index is 0.250. The number of fused-ring (bicyclic) bond motifs is 1. The Balaban J connectivity index is 1.55. The zero-order chi connectivity index (χ0) is 17.4. The van der Waals surface area contributed by atoms with Crippen LogP contribution in [0.15, 0.2) is 24.3 Å². The van der Waals surface area contributed by atoms with Gasteiger partial charge in [-0.05, 0) is 26.0 Å². The van der Waals surface area contributed by atoms with Gasteiger partial charge in [0, 0.05) is 42.4 Å². The fourth-order valence-corrected chi connectivity index (χ4v) is 3.25. The molecule has 0 atom stereocenters. The van der Waals surface area contributed by atoms with Crippen molar-refractivity contribution in [3.8, 4) is 11.3 Å². The molecular formula is C18H20N6O. The Bertz CT molecular complexity index is 919. The van der Waals surface area contributed by atoms with Gasteiger partial charge in [0.1, 0.15) is 0 Å². The summed E-state index contributed by atoms with van der Waals surface area (Å²) in [6.45, 7) is 5.67. The van der Waals surface area contributed by atoms with Crippen LogP contribution >= 0.6 is 0 Å². The number of aryl methyl sites for hydroxylation is 2. The summed E-state index contributed by atoms with van der Waals surface area (Å²) in [7, 11) is 0. The summed E-state index contributed by atoms with van der Waals surface area (Å²) in [6, 6.07) is 8.13. The molecule has 0 spiro atoms. The van der Waals surface area contributed by atoms with Gasteiger partial charge in [0.2, 0.25) is 0 Å². The molecule has 0 unspecified atom stereocenters. The van der Waals surface area contributed by atoms with Gasteiger partial charge in [0.25, 0.3) is 5.91 Å². The predicted molar refractivity (Wildman–Crippen MR) is 95.4 cm³/mol. The van der Waals surface area contributed by atoms with Gasteiger partial charge in [-0.15, -0.1) is 0 Å². The molecule has 3 aromatic rings. The number of rotatable bonds is 3. The van der Waals surface area contributed by atoms with Crippen LogP contribution in [-0.2, 0) is 13.0 Å². The van der Waals surface area contributed by atoms with Crippen molar-refractivity contribution in [3.63, 3.8) is 0 Å². The Morgan fingerprint density at radius 1 is 1.08 bits per heavy atom. The smallest absolute Gasteiger partial charge is 0.277 e. The summed E-state index contributed by atoms with van der Waals surface area (Å²) >= 11 is 0. The van der Waals surface area contributed by atoms with Crippen LogP contribution in [0.3, 0.4) is 0 Å². The number of aromatic nitrogens is 4. The summed E-state index contributed by atoms with van der Waals surface area (Å²) < 4.78 is 0. The molecule has 0 aliphatic carbocycles. The number of H-pyrrole nitrogens is 2. The molecule has 1 aliphatic heterocycles. The number of carbonyl (C=O) groups is 1. The van der Waals surface area contributed by atoms with Crippen molar-refractivity contribution < 1.29 is 4.79 Å². The normalized spacial score (nSPS) is 13.5. The fraction of sp³-hybridized carbons (Fsp3) is 0.278. The first-order valence-electron chi connectivity index (χ1n) is 8.32. The molecule has 0 bridgehead atoms. The molecule has 0 radical (unpaired) electrons. The molecule has 3 heterocycles. The average Bonchev–Trinajstić information content (AvgIpc) is 3.20. The van der Waals surface area contributed by atoms with E-state index in [1.807, 2.05) is 6.07 Å². The van der Waals surface area contributed by atoms with Crippen LogP contribution in [-0.4, -0.2) is 32.8 Å². The molecule has 4 N–H and O–H groups in total. The molecule has 0 fully saturated rings. The summed E-state index contributed by atoms with van der Waals surface area (Å²) in [4.78, 5) is 12.5. The summed E-state index contributed by atoms with van der Waals surface area (Å²) in [5.41, 5.74) is 6.69. The Morgan fingerprint density at radius 2 is 1.88 bits per heavy atom. The van der Waals surface area contributed by atoms with Gasteiger partial charge in [-0.1, -0.05) is 17.2 Å². The molecule has 7 nitrogen and oxygen atoms in total. The molecule has 1 amide bonds. The highest BCUT2D eigenvalue weighted by molar-refractivity contribution is 6.03. The van der Waals surface area contributed by atoms with Gasteiger partial charge in [-0.25, -0.2) is 0 Å². The zero-order valence-electron chi connectivity index (χ0n) is 14.2. The quantitative estimate of drug-likeness (QED) is 0.590. The summed E-state index contributed by atoms with van der Waals surface area (Å²) in [6.07, 6.45) is 0.856. The predicted octanol–water partition coefficient (Wildman–Crippen LogP) is 2.31. The Labute approximate surface area is 145 Å². The lowest BCUT2D eigenvalue weighted by molar-refractivity contribution is 0.102. The zero-order valence-corrected chi connectivity index (χ0v) is 14.2. The topological polar surface area (TPSA) is 98.5 Å². The maximum absolute atomic E-state index is 12.5. The lowest BCUT2D eigenvalue weighted by atomic mass is 10.1. The lowest BCUT2D eigenvalue weighted by Crippen LogP contribution is -2.25. The number of anilines is 1. The second-order valence-corrected chi connectivity index (χ2v) is 6.45. The van der Waals surface area contributed by atoms with Gasteiger partial charge in [-0.2, -0.15) is 10.2 Å². The van der Waals surface area contributed by atoms with Crippen molar-refractivity contribution in [1.29, 1.82) is 0 Å². The molecule has 2 aromatic heterocycles. The van der Waals surface area contributed by atoms with Crippen LogP contribution in [0, 0.1) is 13.8 Å². The van der Waals surface area contributed by atoms with E-state index in [4.69, 9.17) is 0 Å². The molecule has 128 valence electrons. The Hall–Kier alpha value is -2.93. The third kappa shape index (κ3) is 3.06. The molecule has 7 heteroatoms. The lowest BCUT2D eigenvalue weighted by Gasteiger charge is -2.12. The molecule has 0 saturated carbocycles. The van der Waals surface area contributed by atoms with Crippen molar-refractivity contribution in [1.82, 2.24) is 25.7 Å². The highest BCUT2D eigenvalue weighted by atomic mass is 16.2. The Kier molecular flexibility index (Phi) is 3.85. The molecule has 25 heavy (non-hydrogen) atoms. The van der Waals surface area contributed by atoms with Crippen LogP contribution < -0.4 is 10.6 Å². The summed E-state index contributed by atoms with van der Waals surface area (Å²) in [5, 5.41) is 20.4. The first-order chi connectivity index (χ1) is 12.1. The Morgan fingerprint density at radius 3 is 2.68 bits per heavy atom. The number of hydrogen-bond donors (Lipinski definition) is 4. The van der Waals surface area contributed by atoms with Crippen LogP contribution in [0.2, 0.25) is 0 Å². The van der Waals surface area contributed by atoms with E-state index in [9.17, 15) is 4.79 Å². The van der Waals surface area contributed by atoms with Gasteiger partial charge >= 0.3 is 0 Å².